The number of carbonyl (C=O) groups excluding carboxylic acids is 1. The molecule has 0 aromatic heterocycles. The second-order valence-electron chi connectivity index (χ2n) is 21.1. The van der Waals surface area contributed by atoms with E-state index in [1.165, 1.54) is 57.8 Å². The molecule has 12 N–H and O–H groups in total. The molecule has 0 spiro atoms. The number of hydrogen-bond donors (Lipinski definition) is 12. The van der Waals surface area contributed by atoms with Crippen LogP contribution in [-0.2, 0) is 33.2 Å². The molecule has 0 aromatic rings. The lowest BCUT2D eigenvalue weighted by Crippen LogP contribution is -2.66. The Balaban J connectivity index is 1.54. The first-order valence-electron chi connectivity index (χ1n) is 29.8. The van der Waals surface area contributed by atoms with Gasteiger partial charge in [-0.1, -0.05) is 163 Å². The van der Waals surface area contributed by atoms with E-state index in [0.29, 0.717) is 12.8 Å². The van der Waals surface area contributed by atoms with Gasteiger partial charge in [-0.05, 0) is 77.0 Å². The van der Waals surface area contributed by atoms with Gasteiger partial charge < -0.3 is 89.9 Å². The zero-order valence-corrected chi connectivity index (χ0v) is 47.8. The monoisotopic (exact) mass is 1140 g/mol. The van der Waals surface area contributed by atoms with Gasteiger partial charge in [0, 0.05) is 6.42 Å². The van der Waals surface area contributed by atoms with E-state index in [1.807, 2.05) is 6.08 Å². The van der Waals surface area contributed by atoms with Crippen LogP contribution in [0.2, 0.25) is 0 Å². The number of allylic oxidation sites excluding steroid dienone is 13. The Morgan fingerprint density at radius 2 is 0.875 bits per heavy atom. The van der Waals surface area contributed by atoms with Gasteiger partial charge in [0.1, 0.15) is 73.2 Å². The van der Waals surface area contributed by atoms with Gasteiger partial charge in [0.15, 0.2) is 18.9 Å². The number of rotatable bonds is 42. The van der Waals surface area contributed by atoms with E-state index in [9.17, 15) is 61.0 Å². The minimum atomic E-state index is -1.99. The van der Waals surface area contributed by atoms with Crippen LogP contribution in [0.5, 0.6) is 0 Å². The quantitative estimate of drug-likeness (QED) is 0.0276. The molecule has 0 saturated carbocycles. The fraction of sp³-hybridized carbons (Fsp3) is 0.754. The van der Waals surface area contributed by atoms with Crippen molar-refractivity contribution in [2.24, 2.45) is 0 Å². The molecular formula is C61H103NO18. The van der Waals surface area contributed by atoms with Gasteiger partial charge in [-0.25, -0.2) is 0 Å². The van der Waals surface area contributed by atoms with Crippen molar-refractivity contribution >= 4 is 5.91 Å². The van der Waals surface area contributed by atoms with Crippen LogP contribution in [0.3, 0.4) is 0 Å². The van der Waals surface area contributed by atoms with Crippen molar-refractivity contribution in [1.29, 1.82) is 0 Å². The zero-order chi connectivity index (χ0) is 58.3. The van der Waals surface area contributed by atoms with Crippen LogP contribution >= 0.6 is 0 Å². The summed E-state index contributed by atoms with van der Waals surface area (Å²) >= 11 is 0. The van der Waals surface area contributed by atoms with E-state index >= 15 is 0 Å². The third kappa shape index (κ3) is 27.1. The summed E-state index contributed by atoms with van der Waals surface area (Å²) in [5.74, 6) is -0.321. The molecule has 3 heterocycles. The Morgan fingerprint density at radius 1 is 0.463 bits per heavy atom. The predicted octanol–water partition coefficient (Wildman–Crippen LogP) is 5.20. The largest absolute Gasteiger partial charge is 0.394 e. The molecule has 3 aliphatic heterocycles. The van der Waals surface area contributed by atoms with Crippen LogP contribution in [0.15, 0.2) is 85.1 Å². The van der Waals surface area contributed by atoms with Gasteiger partial charge in [0.25, 0.3) is 0 Å². The summed E-state index contributed by atoms with van der Waals surface area (Å²) in [6.45, 7) is 1.53. The zero-order valence-electron chi connectivity index (χ0n) is 47.8. The summed E-state index contributed by atoms with van der Waals surface area (Å²) in [5.41, 5.74) is 0. The first-order chi connectivity index (χ1) is 38.8. The number of hydrogen-bond acceptors (Lipinski definition) is 18. The first-order valence-corrected chi connectivity index (χ1v) is 29.8. The summed E-state index contributed by atoms with van der Waals surface area (Å²) < 4.78 is 34.2. The summed E-state index contributed by atoms with van der Waals surface area (Å²) in [6.07, 6.45) is 25.6. The molecule has 0 bridgehead atoms. The molecule has 19 nitrogen and oxygen atoms in total. The maximum absolute atomic E-state index is 13.3. The lowest BCUT2D eigenvalue weighted by molar-refractivity contribution is -0.379. The lowest BCUT2D eigenvalue weighted by Gasteiger charge is -2.48. The third-order valence-electron chi connectivity index (χ3n) is 14.4. The van der Waals surface area contributed by atoms with Gasteiger partial charge in [-0.2, -0.15) is 0 Å². The highest BCUT2D eigenvalue weighted by molar-refractivity contribution is 5.76. The molecule has 19 heteroatoms. The minimum absolute atomic E-state index is 0.191. The van der Waals surface area contributed by atoms with Gasteiger partial charge in [0.05, 0.1) is 38.6 Å². The predicted molar refractivity (Wildman–Crippen MR) is 304 cm³/mol. The SMILES string of the molecule is CC/C=C\C/C=C\C/C=C\C/C=C\C/C=C\CCCCCC(=O)NC(COC1OC(CO)C(OC2OC(CO)C(OC3OC(CO)C(O)C(O)C3O)C(O)C2O)C(O)C1O)C(O)/C=C/CC/C=C/CCCCCCCCCCCC. The van der Waals surface area contributed by atoms with Crippen molar-refractivity contribution in [3.05, 3.63) is 85.1 Å². The molecule has 3 rings (SSSR count). The van der Waals surface area contributed by atoms with Crippen molar-refractivity contribution < 1.29 is 89.4 Å². The Hall–Kier alpha value is -3.03. The Bertz CT molecular complexity index is 1790. The van der Waals surface area contributed by atoms with E-state index < -0.39 is 124 Å². The molecular weight excluding hydrogens is 1030 g/mol. The molecule has 17 unspecified atom stereocenters. The van der Waals surface area contributed by atoms with E-state index in [0.717, 1.165) is 70.6 Å². The molecule has 80 heavy (non-hydrogen) atoms. The number of amides is 1. The van der Waals surface area contributed by atoms with E-state index in [4.69, 9.17) is 28.4 Å². The highest BCUT2D eigenvalue weighted by Gasteiger charge is 2.53. The van der Waals surface area contributed by atoms with Crippen LogP contribution in [0.25, 0.3) is 0 Å². The molecule has 0 radical (unpaired) electrons. The van der Waals surface area contributed by atoms with Crippen molar-refractivity contribution in [3.8, 4) is 0 Å². The number of unbranched alkanes of at least 4 members (excludes halogenated alkanes) is 14. The molecule has 460 valence electrons. The molecule has 3 fully saturated rings. The Morgan fingerprint density at radius 3 is 1.40 bits per heavy atom. The van der Waals surface area contributed by atoms with Crippen LogP contribution in [0, 0.1) is 0 Å². The van der Waals surface area contributed by atoms with Crippen molar-refractivity contribution in [3.63, 3.8) is 0 Å². The maximum Gasteiger partial charge on any atom is 0.220 e. The second-order valence-corrected chi connectivity index (χ2v) is 21.1. The highest BCUT2D eigenvalue weighted by Crippen LogP contribution is 2.33. The van der Waals surface area contributed by atoms with E-state index in [-0.39, 0.29) is 18.9 Å². The summed E-state index contributed by atoms with van der Waals surface area (Å²) in [4.78, 5) is 13.3. The standard InChI is InChI=1S/C61H103NO18/c1-3-5-7-9-11-13-15-17-19-21-22-23-25-27-29-31-33-35-37-39-49(67)62-44(45(66)38-36-34-32-30-28-26-24-20-18-16-14-12-10-8-6-4-2)43-75-59-55(73)52(70)57(47(41-64)77-59)80-61-56(74)53(71)58(48(42-65)78-61)79-60-54(72)51(69)50(68)46(40-63)76-60/h5,7,11,13,17,19,22-23,27-30,36,38,44-48,50-61,63-66,68-74H,3-4,6,8-10,12,14-16,18,20-21,24-26,31-35,37,39-43H2,1-2H3,(H,62,67)/b7-5-,13-11-,19-17-,23-22-,29-27-,30-28+,38-36+. The maximum atomic E-state index is 13.3. The summed E-state index contributed by atoms with van der Waals surface area (Å²) in [6, 6.07) is -1.01. The van der Waals surface area contributed by atoms with E-state index in [1.54, 1.807) is 6.08 Å². The fourth-order valence-electron chi connectivity index (χ4n) is 9.52. The minimum Gasteiger partial charge on any atom is -0.394 e. The Labute approximate surface area is 476 Å². The molecule has 1 amide bonds. The lowest BCUT2D eigenvalue weighted by atomic mass is 9.96. The molecule has 3 saturated heterocycles. The highest BCUT2D eigenvalue weighted by atomic mass is 16.8. The van der Waals surface area contributed by atoms with Crippen LogP contribution < -0.4 is 5.32 Å². The molecule has 0 aromatic carbocycles. The smallest absolute Gasteiger partial charge is 0.220 e. The van der Waals surface area contributed by atoms with Crippen molar-refractivity contribution in [2.45, 2.75) is 266 Å². The molecule has 3 aliphatic rings. The first kappa shape index (κ1) is 71.2. The summed E-state index contributed by atoms with van der Waals surface area (Å²) in [7, 11) is 0. The van der Waals surface area contributed by atoms with Gasteiger partial charge in [-0.15, -0.1) is 0 Å². The molecule has 0 aliphatic carbocycles. The van der Waals surface area contributed by atoms with Crippen LogP contribution in [-0.4, -0.2) is 193 Å². The van der Waals surface area contributed by atoms with E-state index in [2.05, 4.69) is 92.1 Å². The average Bonchev–Trinajstić information content (AvgIpc) is 3.50. The van der Waals surface area contributed by atoms with Gasteiger partial charge in [0.2, 0.25) is 5.91 Å². The second kappa shape index (κ2) is 43.6. The number of nitrogens with one attached hydrogen (secondary N) is 1. The number of carbonyl (C=O) groups is 1. The normalized spacial score (nSPS) is 30.6. The van der Waals surface area contributed by atoms with Gasteiger partial charge in [-0.3, -0.25) is 4.79 Å². The van der Waals surface area contributed by atoms with Crippen LogP contribution in [0.1, 0.15) is 162 Å². The number of aliphatic hydroxyl groups excluding tert-OH is 11. The van der Waals surface area contributed by atoms with Gasteiger partial charge >= 0.3 is 0 Å². The molecule has 17 atom stereocenters. The number of ether oxygens (including phenoxy) is 6. The summed E-state index contributed by atoms with van der Waals surface area (Å²) in [5, 5.41) is 120. The fourth-order valence-corrected chi connectivity index (χ4v) is 9.52. The van der Waals surface area contributed by atoms with Crippen molar-refractivity contribution in [2.75, 3.05) is 26.4 Å². The number of aliphatic hydroxyl groups is 11. The average molecular weight is 1140 g/mol. The topological polar surface area (TPSA) is 307 Å². The van der Waals surface area contributed by atoms with Crippen LogP contribution in [0.4, 0.5) is 0 Å². The Kier molecular flexibility index (Phi) is 38.8. The van der Waals surface area contributed by atoms with Crippen molar-refractivity contribution in [1.82, 2.24) is 5.32 Å². The third-order valence-corrected chi connectivity index (χ3v) is 14.4.